The van der Waals surface area contributed by atoms with Crippen LogP contribution in [-0.4, -0.2) is 23.2 Å². The number of aryl methyl sites for hydroxylation is 1. The molecular weight excluding hydrogens is 540 g/mol. The Kier molecular flexibility index (Phi) is 6.84. The fourth-order valence-corrected chi connectivity index (χ4v) is 4.11. The average Bonchev–Trinajstić information content (AvgIpc) is 2.51. The minimum absolute atomic E-state index is 0.0786. The topological polar surface area (TPSA) is 70.6 Å². The van der Waals surface area contributed by atoms with Crippen molar-refractivity contribution in [1.82, 2.24) is 5.32 Å². The summed E-state index contributed by atoms with van der Waals surface area (Å²) in [5, 5.41) is 15.4. The molecule has 2 rings (SSSR count). The summed E-state index contributed by atoms with van der Waals surface area (Å²) in [5.74, 6) is 0.170. The van der Waals surface area contributed by atoms with Crippen LogP contribution in [0.2, 0.25) is 0 Å². The average molecular weight is 553 g/mol. The summed E-state index contributed by atoms with van der Waals surface area (Å²) in [6.07, 6.45) is 0. The van der Waals surface area contributed by atoms with Gasteiger partial charge in [0.2, 0.25) is 0 Å². The van der Waals surface area contributed by atoms with E-state index in [2.05, 4.69) is 58.4 Å². The summed E-state index contributed by atoms with van der Waals surface area (Å²) in [7, 11) is 1.51. The van der Waals surface area contributed by atoms with Crippen LogP contribution in [0.1, 0.15) is 15.9 Å². The molecule has 0 atom stereocenters. The van der Waals surface area contributed by atoms with Gasteiger partial charge in [-0.25, -0.2) is 0 Å². The number of hydrogen-bond acceptors (Lipinski definition) is 4. The van der Waals surface area contributed by atoms with Crippen molar-refractivity contribution < 1.29 is 14.6 Å². The Morgan fingerprint density at radius 1 is 1.16 bits per heavy atom. The van der Waals surface area contributed by atoms with Gasteiger partial charge in [0, 0.05) is 10.2 Å². The van der Waals surface area contributed by atoms with Crippen molar-refractivity contribution in [1.29, 1.82) is 0 Å². The Balaban J connectivity index is 2.17. The van der Waals surface area contributed by atoms with E-state index in [1.807, 2.05) is 13.0 Å². The van der Waals surface area contributed by atoms with Crippen molar-refractivity contribution in [2.24, 2.45) is 0 Å². The highest BCUT2D eigenvalue weighted by atomic mass is 79.9. The zero-order valence-corrected chi connectivity index (χ0v) is 18.7. The number of benzene rings is 2. The highest BCUT2D eigenvalue weighted by Gasteiger charge is 2.17. The molecule has 0 spiro atoms. The molecule has 1 amide bonds. The van der Waals surface area contributed by atoms with Crippen LogP contribution in [0.25, 0.3) is 0 Å². The summed E-state index contributed by atoms with van der Waals surface area (Å²) in [5.41, 5.74) is 1.79. The van der Waals surface area contributed by atoms with Crippen LogP contribution < -0.4 is 15.4 Å². The Morgan fingerprint density at radius 3 is 2.32 bits per heavy atom. The molecule has 25 heavy (non-hydrogen) atoms. The summed E-state index contributed by atoms with van der Waals surface area (Å²) in [6, 6.07) is 6.81. The Bertz CT molecular complexity index is 836. The number of carbonyl (C=O) groups excluding carboxylic acids is 1. The van der Waals surface area contributed by atoms with Gasteiger partial charge in [0.1, 0.15) is 11.5 Å². The van der Waals surface area contributed by atoms with Crippen molar-refractivity contribution in [3.63, 3.8) is 0 Å². The number of hydrogen-bond donors (Lipinski definition) is 3. The third kappa shape index (κ3) is 4.93. The molecule has 0 saturated heterocycles. The Morgan fingerprint density at radius 2 is 1.76 bits per heavy atom. The molecule has 0 aliphatic carbocycles. The number of amides is 1. The number of carbonyl (C=O) groups is 1. The number of phenols is 1. The van der Waals surface area contributed by atoms with E-state index in [-0.39, 0.29) is 10.9 Å². The second kappa shape index (κ2) is 8.48. The first-order valence-corrected chi connectivity index (χ1v) is 9.66. The number of aromatic hydroxyl groups is 1. The normalized spacial score (nSPS) is 10.3. The summed E-state index contributed by atoms with van der Waals surface area (Å²) >= 11 is 15.0. The lowest BCUT2D eigenvalue weighted by Gasteiger charge is -2.14. The molecule has 2 aromatic rings. The molecule has 0 aromatic heterocycles. The third-order valence-electron chi connectivity index (χ3n) is 3.19. The predicted molar refractivity (Wildman–Crippen MR) is 113 cm³/mol. The van der Waals surface area contributed by atoms with E-state index >= 15 is 0 Å². The van der Waals surface area contributed by atoms with Gasteiger partial charge in [0.15, 0.2) is 5.11 Å². The molecule has 0 heterocycles. The van der Waals surface area contributed by atoms with E-state index in [0.717, 1.165) is 10.0 Å². The van der Waals surface area contributed by atoms with Gasteiger partial charge < -0.3 is 15.2 Å². The first-order chi connectivity index (χ1) is 11.7. The molecule has 3 N–H and O–H groups in total. The summed E-state index contributed by atoms with van der Waals surface area (Å²) < 4.78 is 7.05. The lowest BCUT2D eigenvalue weighted by atomic mass is 10.1. The van der Waals surface area contributed by atoms with Crippen LogP contribution in [0.5, 0.6) is 11.5 Å². The lowest BCUT2D eigenvalue weighted by Crippen LogP contribution is -2.34. The highest BCUT2D eigenvalue weighted by molar-refractivity contribution is 9.11. The maximum absolute atomic E-state index is 12.5. The second-order valence-corrected chi connectivity index (χ2v) is 8.03. The van der Waals surface area contributed by atoms with Crippen molar-refractivity contribution in [2.75, 3.05) is 12.4 Å². The maximum Gasteiger partial charge on any atom is 0.261 e. The van der Waals surface area contributed by atoms with E-state index in [1.54, 1.807) is 18.2 Å². The molecule has 0 saturated carbocycles. The van der Waals surface area contributed by atoms with E-state index in [0.29, 0.717) is 25.9 Å². The zero-order valence-electron chi connectivity index (χ0n) is 13.1. The van der Waals surface area contributed by atoms with Crippen LogP contribution in [0.3, 0.4) is 0 Å². The highest BCUT2D eigenvalue weighted by Crippen LogP contribution is 2.35. The number of methoxy groups -OCH3 is 1. The van der Waals surface area contributed by atoms with Gasteiger partial charge in [-0.05, 0) is 80.8 Å². The SMILES string of the molecule is COc1c(C)cc(Br)cc1C(=O)NC(=S)Nc1cc(Br)c(O)c(Br)c1. The molecule has 0 fully saturated rings. The van der Waals surface area contributed by atoms with E-state index in [9.17, 15) is 9.90 Å². The van der Waals surface area contributed by atoms with Gasteiger partial charge in [-0.3, -0.25) is 10.1 Å². The van der Waals surface area contributed by atoms with Crippen LogP contribution in [0.15, 0.2) is 37.7 Å². The maximum atomic E-state index is 12.5. The number of anilines is 1. The van der Waals surface area contributed by atoms with Crippen molar-refractivity contribution in [3.05, 3.63) is 48.8 Å². The fraction of sp³-hybridized carbons (Fsp3) is 0.125. The van der Waals surface area contributed by atoms with Crippen LogP contribution in [0, 0.1) is 6.92 Å². The number of rotatable bonds is 3. The van der Waals surface area contributed by atoms with Gasteiger partial charge in [-0.1, -0.05) is 15.9 Å². The van der Waals surface area contributed by atoms with Gasteiger partial charge in [-0.15, -0.1) is 0 Å². The molecule has 0 radical (unpaired) electrons. The Hall–Kier alpha value is -1.16. The van der Waals surface area contributed by atoms with E-state index in [4.69, 9.17) is 17.0 Å². The molecule has 2 aromatic carbocycles. The number of nitrogens with one attached hydrogen (secondary N) is 2. The molecule has 132 valence electrons. The van der Waals surface area contributed by atoms with Crippen molar-refractivity contribution in [3.8, 4) is 11.5 Å². The lowest BCUT2D eigenvalue weighted by molar-refractivity contribution is 0.0974. The molecule has 0 aliphatic rings. The molecule has 5 nitrogen and oxygen atoms in total. The molecule has 0 aliphatic heterocycles. The van der Waals surface area contributed by atoms with Gasteiger partial charge in [0.05, 0.1) is 21.6 Å². The van der Waals surface area contributed by atoms with Crippen molar-refractivity contribution in [2.45, 2.75) is 6.92 Å². The van der Waals surface area contributed by atoms with Crippen LogP contribution in [-0.2, 0) is 0 Å². The molecule has 9 heteroatoms. The zero-order chi connectivity index (χ0) is 18.7. The van der Waals surface area contributed by atoms with Gasteiger partial charge in [-0.2, -0.15) is 0 Å². The molecule has 0 unspecified atom stereocenters. The second-order valence-electron chi connectivity index (χ2n) is 5.00. The number of thiocarbonyl (C=S) groups is 1. The minimum atomic E-state index is -0.393. The number of halogens is 3. The van der Waals surface area contributed by atoms with Gasteiger partial charge in [0.25, 0.3) is 5.91 Å². The summed E-state index contributed by atoms with van der Waals surface area (Å²) in [4.78, 5) is 12.5. The summed E-state index contributed by atoms with van der Waals surface area (Å²) in [6.45, 7) is 1.85. The monoisotopic (exact) mass is 550 g/mol. The number of phenolic OH excluding ortho intramolecular Hbond substituents is 1. The minimum Gasteiger partial charge on any atom is -0.506 e. The van der Waals surface area contributed by atoms with Crippen molar-refractivity contribution >= 4 is 76.7 Å². The first-order valence-electron chi connectivity index (χ1n) is 6.87. The number of ether oxygens (including phenoxy) is 1. The van der Waals surface area contributed by atoms with Crippen LogP contribution in [0.4, 0.5) is 5.69 Å². The van der Waals surface area contributed by atoms with E-state index in [1.165, 1.54) is 7.11 Å². The standard InChI is InChI=1S/C16H13Br3N2O3S/c1-7-3-8(17)4-10(14(7)24-2)15(23)21-16(25)20-9-5-11(18)13(22)12(19)6-9/h3-6,22H,1-2H3,(H2,20,21,23,25). The predicted octanol–water partition coefficient (Wildman–Crippen LogP) is 5.12. The first kappa shape index (κ1) is 20.2. The quantitative estimate of drug-likeness (QED) is 0.364. The fourth-order valence-electron chi connectivity index (χ4n) is 2.14. The van der Waals surface area contributed by atoms with E-state index < -0.39 is 5.91 Å². The molecular formula is C16H13Br3N2O3S. The Labute approximate surface area is 175 Å². The van der Waals surface area contributed by atoms with Gasteiger partial charge >= 0.3 is 0 Å². The van der Waals surface area contributed by atoms with Crippen LogP contribution >= 0.6 is 60.0 Å². The smallest absolute Gasteiger partial charge is 0.261 e. The molecule has 0 bridgehead atoms. The third-order valence-corrected chi connectivity index (χ3v) is 5.06. The largest absolute Gasteiger partial charge is 0.506 e.